The van der Waals surface area contributed by atoms with Gasteiger partial charge in [0, 0.05) is 30.7 Å². The van der Waals surface area contributed by atoms with E-state index >= 15 is 0 Å². The summed E-state index contributed by atoms with van der Waals surface area (Å²) in [5, 5.41) is 0. The van der Waals surface area contributed by atoms with Crippen LogP contribution in [0.25, 0.3) is 11.1 Å². The molecule has 2 atom stereocenters. The number of pyridine rings is 2. The maximum absolute atomic E-state index is 4.37. The van der Waals surface area contributed by atoms with E-state index in [9.17, 15) is 0 Å². The minimum Gasteiger partial charge on any atom is -0.264 e. The first-order chi connectivity index (χ1) is 13.3. The zero-order valence-electron chi connectivity index (χ0n) is 15.8. The molecule has 0 aliphatic heterocycles. The molecule has 134 valence electrons. The van der Waals surface area contributed by atoms with E-state index in [4.69, 9.17) is 0 Å². The van der Waals surface area contributed by atoms with Crippen molar-refractivity contribution in [3.05, 3.63) is 108 Å². The van der Waals surface area contributed by atoms with Gasteiger partial charge in [0.15, 0.2) is 0 Å². The van der Waals surface area contributed by atoms with Gasteiger partial charge in [0.25, 0.3) is 0 Å². The van der Waals surface area contributed by atoms with Gasteiger partial charge < -0.3 is 0 Å². The molecule has 4 rings (SSSR count). The fourth-order valence-corrected chi connectivity index (χ4v) is 4.05. The predicted molar refractivity (Wildman–Crippen MR) is 112 cm³/mol. The Morgan fingerprint density at radius 2 is 1.63 bits per heavy atom. The molecule has 0 saturated heterocycles. The Hall–Kier alpha value is -3.00. The lowest BCUT2D eigenvalue weighted by atomic mass is 9.72. The number of nitrogens with zero attached hydrogens (tertiary/aromatic N) is 2. The van der Waals surface area contributed by atoms with Crippen LogP contribution in [0.15, 0.2) is 85.5 Å². The average Bonchev–Trinajstić information content (AvgIpc) is 2.74. The topological polar surface area (TPSA) is 25.8 Å². The van der Waals surface area contributed by atoms with E-state index < -0.39 is 0 Å². The second-order valence-corrected chi connectivity index (χ2v) is 7.16. The normalized spacial score (nSPS) is 19.3. The molecule has 0 spiro atoms. The molecule has 0 saturated carbocycles. The molecule has 0 fully saturated rings. The Morgan fingerprint density at radius 1 is 0.889 bits per heavy atom. The van der Waals surface area contributed by atoms with Crippen molar-refractivity contribution < 1.29 is 0 Å². The summed E-state index contributed by atoms with van der Waals surface area (Å²) in [5.74, 6) is 0.765. The Labute approximate surface area is 161 Å². The summed E-state index contributed by atoms with van der Waals surface area (Å²) in [7, 11) is 0. The number of hydrogen-bond acceptors (Lipinski definition) is 2. The molecule has 0 amide bonds. The third-order valence-corrected chi connectivity index (χ3v) is 5.36. The Morgan fingerprint density at radius 3 is 2.26 bits per heavy atom. The van der Waals surface area contributed by atoms with Gasteiger partial charge in [0.1, 0.15) is 0 Å². The quantitative estimate of drug-likeness (QED) is 0.569. The predicted octanol–water partition coefficient (Wildman–Crippen LogP) is 6.08. The molecule has 1 aromatic carbocycles. The van der Waals surface area contributed by atoms with Crippen LogP contribution in [0.4, 0.5) is 0 Å². The summed E-state index contributed by atoms with van der Waals surface area (Å²) in [5.41, 5.74) is 7.63. The van der Waals surface area contributed by atoms with Crippen LogP contribution >= 0.6 is 0 Å². The monoisotopic (exact) mass is 352 g/mol. The van der Waals surface area contributed by atoms with Crippen molar-refractivity contribution in [3.8, 4) is 0 Å². The molecule has 0 radical (unpaired) electrons. The molecule has 0 bridgehead atoms. The second kappa shape index (κ2) is 7.71. The van der Waals surface area contributed by atoms with E-state index in [-0.39, 0.29) is 0 Å². The van der Waals surface area contributed by atoms with Gasteiger partial charge in [-0.2, -0.15) is 0 Å². The van der Waals surface area contributed by atoms with Crippen LogP contribution in [0.1, 0.15) is 41.5 Å². The number of aromatic nitrogens is 2. The fraction of sp³-hybridized carbons (Fsp3) is 0.200. The molecular weight excluding hydrogens is 328 g/mol. The van der Waals surface area contributed by atoms with Crippen molar-refractivity contribution in [1.82, 2.24) is 9.97 Å². The maximum Gasteiger partial charge on any atom is 0.0346 e. The number of aryl methyl sites for hydroxylation is 1. The fourth-order valence-electron chi connectivity index (χ4n) is 4.05. The van der Waals surface area contributed by atoms with Crippen LogP contribution in [0.3, 0.4) is 0 Å². The average molecular weight is 352 g/mol. The van der Waals surface area contributed by atoms with E-state index in [0.717, 1.165) is 12.0 Å². The molecule has 2 aromatic heterocycles. The van der Waals surface area contributed by atoms with Crippen LogP contribution in [0.5, 0.6) is 0 Å². The van der Waals surface area contributed by atoms with E-state index in [2.05, 4.69) is 72.4 Å². The standard InChI is InChI=1S/C25H24N2/c1-3-23-24(19-8-4-7-18(2)13-19)14-22(20-9-5-11-26-16-20)15-25(23)21-10-6-12-27-17-21/h4-17,23-24H,3H2,1-2H3. The van der Waals surface area contributed by atoms with Gasteiger partial charge in [-0.3, -0.25) is 9.97 Å². The third kappa shape index (κ3) is 3.61. The molecule has 2 heteroatoms. The molecular formula is C25H24N2. The number of benzene rings is 1. The zero-order valence-corrected chi connectivity index (χ0v) is 15.8. The van der Waals surface area contributed by atoms with Gasteiger partial charge in [0.05, 0.1) is 0 Å². The highest BCUT2D eigenvalue weighted by molar-refractivity contribution is 5.87. The highest BCUT2D eigenvalue weighted by Crippen LogP contribution is 2.44. The molecule has 0 N–H and O–H groups in total. The van der Waals surface area contributed by atoms with Crippen LogP contribution in [0, 0.1) is 12.8 Å². The van der Waals surface area contributed by atoms with Crippen molar-refractivity contribution in [2.45, 2.75) is 26.2 Å². The minimum absolute atomic E-state index is 0.338. The minimum atomic E-state index is 0.338. The highest BCUT2D eigenvalue weighted by atomic mass is 14.6. The molecule has 1 aliphatic rings. The highest BCUT2D eigenvalue weighted by Gasteiger charge is 2.28. The summed E-state index contributed by atoms with van der Waals surface area (Å²) in [6.07, 6.45) is 13.4. The SMILES string of the molecule is CCC1C(c2cccnc2)=CC(c2cccnc2)=CC1c1cccc(C)c1. The molecule has 27 heavy (non-hydrogen) atoms. The van der Waals surface area contributed by atoms with Gasteiger partial charge in [-0.1, -0.05) is 61.0 Å². The van der Waals surface area contributed by atoms with E-state index in [0.29, 0.717) is 11.8 Å². The smallest absolute Gasteiger partial charge is 0.0346 e. The number of hydrogen-bond donors (Lipinski definition) is 0. The van der Waals surface area contributed by atoms with Gasteiger partial charge in [-0.15, -0.1) is 0 Å². The largest absolute Gasteiger partial charge is 0.264 e. The lowest BCUT2D eigenvalue weighted by Gasteiger charge is -2.32. The van der Waals surface area contributed by atoms with Gasteiger partial charge in [-0.25, -0.2) is 0 Å². The van der Waals surface area contributed by atoms with Crippen LogP contribution < -0.4 is 0 Å². The van der Waals surface area contributed by atoms with Crippen molar-refractivity contribution >= 4 is 11.1 Å². The Balaban J connectivity index is 1.87. The van der Waals surface area contributed by atoms with Crippen molar-refractivity contribution in [3.63, 3.8) is 0 Å². The van der Waals surface area contributed by atoms with Crippen molar-refractivity contribution in [2.75, 3.05) is 0 Å². The van der Waals surface area contributed by atoms with Crippen molar-refractivity contribution in [1.29, 1.82) is 0 Å². The number of allylic oxidation sites excluding steroid dienone is 4. The van der Waals surface area contributed by atoms with E-state index in [1.807, 2.05) is 36.9 Å². The number of rotatable bonds is 4. The van der Waals surface area contributed by atoms with Gasteiger partial charge >= 0.3 is 0 Å². The van der Waals surface area contributed by atoms with Crippen LogP contribution in [0.2, 0.25) is 0 Å². The maximum atomic E-state index is 4.37. The Kier molecular flexibility index (Phi) is 4.97. The molecule has 2 nitrogen and oxygen atoms in total. The first kappa shape index (κ1) is 17.4. The summed E-state index contributed by atoms with van der Waals surface area (Å²) in [6, 6.07) is 17.2. The molecule has 2 heterocycles. The molecule has 1 aliphatic carbocycles. The second-order valence-electron chi connectivity index (χ2n) is 7.16. The van der Waals surface area contributed by atoms with Crippen LogP contribution in [-0.2, 0) is 0 Å². The summed E-state index contributed by atoms with van der Waals surface area (Å²) >= 11 is 0. The lowest BCUT2D eigenvalue weighted by molar-refractivity contribution is 0.577. The molecule has 3 aromatic rings. The van der Waals surface area contributed by atoms with Gasteiger partial charge in [-0.05, 0) is 59.2 Å². The zero-order chi connectivity index (χ0) is 18.6. The first-order valence-electron chi connectivity index (χ1n) is 9.57. The summed E-state index contributed by atoms with van der Waals surface area (Å²) < 4.78 is 0. The van der Waals surface area contributed by atoms with Crippen LogP contribution in [-0.4, -0.2) is 9.97 Å². The van der Waals surface area contributed by atoms with E-state index in [1.54, 1.807) is 0 Å². The lowest BCUT2D eigenvalue weighted by Crippen LogP contribution is -2.17. The van der Waals surface area contributed by atoms with Crippen molar-refractivity contribution in [2.24, 2.45) is 5.92 Å². The third-order valence-electron chi connectivity index (χ3n) is 5.36. The molecule has 2 unspecified atom stereocenters. The Bertz CT molecular complexity index is 971. The van der Waals surface area contributed by atoms with E-state index in [1.165, 1.54) is 27.8 Å². The summed E-state index contributed by atoms with van der Waals surface area (Å²) in [4.78, 5) is 8.69. The summed E-state index contributed by atoms with van der Waals surface area (Å²) in [6.45, 7) is 4.44. The first-order valence-corrected chi connectivity index (χ1v) is 9.57. The van der Waals surface area contributed by atoms with Gasteiger partial charge in [0.2, 0.25) is 0 Å².